The molecule has 2 saturated heterocycles. The van der Waals surface area contributed by atoms with Gasteiger partial charge in [0.05, 0.1) is 13.2 Å². The van der Waals surface area contributed by atoms with Crippen LogP contribution in [0.15, 0.2) is 12.2 Å². The maximum absolute atomic E-state index is 14.3. The first-order chi connectivity index (χ1) is 46.8. The number of phosphoric acid groups is 1. The summed E-state index contributed by atoms with van der Waals surface area (Å²) >= 11 is 0. The number of aliphatic hydroxyl groups is 10. The fraction of sp³-hybridized carbons (Fsp3) is 0.931. The van der Waals surface area contributed by atoms with Gasteiger partial charge < -0.3 is 89.1 Å². The van der Waals surface area contributed by atoms with Crippen LogP contribution in [0.1, 0.15) is 297 Å². The second-order valence-electron chi connectivity index (χ2n) is 27.4. The molecule has 0 aromatic carbocycles. The largest absolute Gasteiger partial charge is 0.472 e. The minimum absolute atomic E-state index is 0.0314. The molecule has 97 heavy (non-hydrogen) atoms. The van der Waals surface area contributed by atoms with E-state index in [2.05, 4.69) is 32.9 Å². The molecule has 0 radical (unpaired) electrons. The molecule has 11 N–H and O–H groups in total. The van der Waals surface area contributed by atoms with E-state index in [9.17, 15) is 74.9 Å². The third-order valence-electron chi connectivity index (χ3n) is 18.8. The Bertz CT molecular complexity index is 2060. The molecule has 0 aromatic heterocycles. The average Bonchev–Trinajstić information content (AvgIpc) is 0.764. The number of hydrogen-bond acceptors (Lipinski definition) is 23. The van der Waals surface area contributed by atoms with Crippen LogP contribution in [-0.4, -0.2) is 204 Å². The number of allylic oxidation sites excluding steroid dienone is 2. The topological polar surface area (TPSA) is 374 Å². The van der Waals surface area contributed by atoms with Crippen LogP contribution < -0.4 is 0 Å². The van der Waals surface area contributed by atoms with Crippen molar-refractivity contribution in [2.45, 2.75) is 401 Å². The normalized spacial score (nSPS) is 27.8. The first-order valence-corrected chi connectivity index (χ1v) is 39.5. The lowest BCUT2D eigenvalue weighted by molar-refractivity contribution is -0.360. The molecule has 3 aliphatic rings. The maximum Gasteiger partial charge on any atom is 0.472 e. The molecule has 3 rings (SSSR count). The molecule has 3 fully saturated rings. The SMILES string of the molecule is CCCCCCCC/C=C\CCCCCC(=O)OC(COC(=O)CCCCCCCCCCCCCCCCCCC)COP(=O)(O)OC1C(OC2OC(CO)C(O)C(O)C2O)C(O)C(O)C(O)C1OC1OC(COC(=O)CCCCCCCCCCCCCC)C(O)C(O)C1O. The van der Waals surface area contributed by atoms with E-state index in [0.717, 1.165) is 83.5 Å². The molecule has 0 aromatic rings. The number of esters is 3. The second kappa shape index (κ2) is 54.4. The van der Waals surface area contributed by atoms with Crippen molar-refractivity contribution in [3.8, 4) is 0 Å². The van der Waals surface area contributed by atoms with Gasteiger partial charge in [-0.1, -0.05) is 245 Å². The van der Waals surface area contributed by atoms with E-state index in [4.69, 9.17) is 42.2 Å². The van der Waals surface area contributed by atoms with Crippen molar-refractivity contribution in [1.82, 2.24) is 0 Å². The van der Waals surface area contributed by atoms with Gasteiger partial charge in [-0.15, -0.1) is 0 Å². The fourth-order valence-electron chi connectivity index (χ4n) is 12.6. The number of phosphoric ester groups is 1. The quantitative estimate of drug-likeness (QED) is 0.00886. The molecule has 1 aliphatic carbocycles. The number of hydrogen-bond donors (Lipinski definition) is 11. The standard InChI is InChI=1S/C72H133O24P/c1-4-7-10-13-16-19-22-25-26-27-28-30-32-35-37-40-43-46-56(74)88-50-53(91-58(76)48-45-42-39-36-33-29-23-20-17-14-11-8-5-2)51-90-97(86,87)96-70-68(94-71-66(84)61(79)59(77)54(49-73)92-71)64(82)63(81)65(83)69(70)95-72-67(85)62(80)60(78)55(93-72)52-89-57(75)47-44-41-38-34-31-24-21-18-15-12-9-6-3/h29,33,53-55,59-73,77-85H,4-28,30-32,34-52H2,1-3H3,(H,86,87)/b33-29-. The van der Waals surface area contributed by atoms with Gasteiger partial charge in [0, 0.05) is 19.3 Å². The first kappa shape index (κ1) is 88.9. The van der Waals surface area contributed by atoms with E-state index in [-0.39, 0.29) is 19.3 Å². The molecule has 0 spiro atoms. The fourth-order valence-corrected chi connectivity index (χ4v) is 13.5. The highest BCUT2D eigenvalue weighted by Crippen LogP contribution is 2.49. The highest BCUT2D eigenvalue weighted by atomic mass is 31.2. The number of rotatable bonds is 59. The predicted octanol–water partition coefficient (Wildman–Crippen LogP) is 10.4. The number of unbranched alkanes of at least 4 members (excludes halogenated alkanes) is 36. The first-order valence-electron chi connectivity index (χ1n) is 38.0. The molecule has 18 unspecified atom stereocenters. The molecule has 18 atom stereocenters. The van der Waals surface area contributed by atoms with E-state index >= 15 is 0 Å². The van der Waals surface area contributed by atoms with E-state index in [1.54, 1.807) is 0 Å². The molecule has 1 saturated carbocycles. The summed E-state index contributed by atoms with van der Waals surface area (Å²) in [6.07, 6.45) is 12.9. The van der Waals surface area contributed by atoms with Crippen LogP contribution in [0.5, 0.6) is 0 Å². The highest BCUT2D eigenvalue weighted by Gasteiger charge is 2.58. The number of carbonyl (C=O) groups is 3. The lowest BCUT2D eigenvalue weighted by Crippen LogP contribution is -2.69. The van der Waals surface area contributed by atoms with Crippen molar-refractivity contribution in [3.63, 3.8) is 0 Å². The third kappa shape index (κ3) is 37.6. The number of carbonyl (C=O) groups excluding carboxylic acids is 3. The van der Waals surface area contributed by atoms with Crippen LogP contribution in [0, 0.1) is 0 Å². The number of ether oxygens (including phenoxy) is 7. The summed E-state index contributed by atoms with van der Waals surface area (Å²) < 4.78 is 65.0. The molecule has 570 valence electrons. The van der Waals surface area contributed by atoms with Crippen molar-refractivity contribution >= 4 is 25.7 Å². The summed E-state index contributed by atoms with van der Waals surface area (Å²) in [5, 5.41) is 110. The molecule has 25 heteroatoms. The summed E-state index contributed by atoms with van der Waals surface area (Å²) in [6, 6.07) is 0. The van der Waals surface area contributed by atoms with Gasteiger partial charge in [-0.3, -0.25) is 23.4 Å². The van der Waals surface area contributed by atoms with Crippen molar-refractivity contribution in [2.24, 2.45) is 0 Å². The van der Waals surface area contributed by atoms with Gasteiger partial charge in [-0.2, -0.15) is 0 Å². The Morgan fingerprint density at radius 1 is 0.392 bits per heavy atom. The van der Waals surface area contributed by atoms with Crippen LogP contribution in [-0.2, 0) is 61.2 Å². The Morgan fingerprint density at radius 3 is 1.12 bits per heavy atom. The van der Waals surface area contributed by atoms with Crippen LogP contribution in [0.25, 0.3) is 0 Å². The maximum atomic E-state index is 14.3. The van der Waals surface area contributed by atoms with Gasteiger partial charge >= 0.3 is 25.7 Å². The predicted molar refractivity (Wildman–Crippen MR) is 365 cm³/mol. The summed E-state index contributed by atoms with van der Waals surface area (Å²) in [6.45, 7) is 3.43. The zero-order valence-electron chi connectivity index (χ0n) is 59.4. The highest BCUT2D eigenvalue weighted by molar-refractivity contribution is 7.47. The van der Waals surface area contributed by atoms with Gasteiger partial charge in [0.2, 0.25) is 0 Å². The minimum atomic E-state index is -5.70. The Morgan fingerprint density at radius 2 is 0.722 bits per heavy atom. The average molecular weight is 1410 g/mol. The third-order valence-corrected chi connectivity index (χ3v) is 19.8. The molecule has 24 nitrogen and oxygen atoms in total. The summed E-state index contributed by atoms with van der Waals surface area (Å²) in [5.41, 5.74) is 0. The van der Waals surface area contributed by atoms with Crippen molar-refractivity contribution < 1.29 is 117 Å². The molecule has 0 amide bonds. The van der Waals surface area contributed by atoms with Crippen LogP contribution in [0.4, 0.5) is 0 Å². The van der Waals surface area contributed by atoms with Crippen molar-refractivity contribution in [2.75, 3.05) is 26.4 Å². The van der Waals surface area contributed by atoms with E-state index in [1.807, 2.05) is 0 Å². The monoisotopic (exact) mass is 1410 g/mol. The van der Waals surface area contributed by atoms with Gasteiger partial charge in [0.1, 0.15) is 98.7 Å². The van der Waals surface area contributed by atoms with Crippen LogP contribution >= 0.6 is 7.82 Å². The molecular weight excluding hydrogens is 1280 g/mol. The Kier molecular flexibility index (Phi) is 49.8. The zero-order chi connectivity index (χ0) is 71.1. The van der Waals surface area contributed by atoms with Crippen molar-refractivity contribution in [3.05, 3.63) is 12.2 Å². The van der Waals surface area contributed by atoms with Crippen LogP contribution in [0.3, 0.4) is 0 Å². The lowest BCUT2D eigenvalue weighted by atomic mass is 9.84. The van der Waals surface area contributed by atoms with Gasteiger partial charge in [-0.25, -0.2) is 4.57 Å². The molecule has 0 bridgehead atoms. The van der Waals surface area contributed by atoms with Crippen LogP contribution in [0.2, 0.25) is 0 Å². The van der Waals surface area contributed by atoms with Gasteiger partial charge in [0.25, 0.3) is 0 Å². The Labute approximate surface area is 580 Å². The zero-order valence-corrected chi connectivity index (χ0v) is 60.3. The summed E-state index contributed by atoms with van der Waals surface area (Å²) in [4.78, 5) is 51.0. The molecule has 2 heterocycles. The molecular formula is C72H133O24P. The van der Waals surface area contributed by atoms with E-state index < -0.39 is 156 Å². The molecule has 2 aliphatic heterocycles. The van der Waals surface area contributed by atoms with Crippen molar-refractivity contribution in [1.29, 1.82) is 0 Å². The second-order valence-corrected chi connectivity index (χ2v) is 28.8. The Balaban J connectivity index is 1.73. The van der Waals surface area contributed by atoms with E-state index in [0.29, 0.717) is 25.7 Å². The number of aliphatic hydroxyl groups excluding tert-OH is 10. The van der Waals surface area contributed by atoms with Gasteiger partial charge in [-0.05, 0) is 44.9 Å². The summed E-state index contributed by atoms with van der Waals surface area (Å²) in [7, 11) is -5.70. The Hall–Kier alpha value is -2.30. The lowest BCUT2D eigenvalue weighted by Gasteiger charge is -2.49. The van der Waals surface area contributed by atoms with E-state index in [1.165, 1.54) is 148 Å². The summed E-state index contributed by atoms with van der Waals surface area (Å²) in [5.74, 6) is -2.00. The smallest absolute Gasteiger partial charge is 0.463 e. The minimum Gasteiger partial charge on any atom is -0.463 e. The van der Waals surface area contributed by atoms with Gasteiger partial charge in [0.15, 0.2) is 18.7 Å².